The molecule has 0 aliphatic heterocycles. The molecule has 0 amide bonds. The summed E-state index contributed by atoms with van der Waals surface area (Å²) in [6, 6.07) is 11.7. The third kappa shape index (κ3) is 3.38. The van der Waals surface area contributed by atoms with Crippen molar-refractivity contribution in [3.05, 3.63) is 51.7 Å². The summed E-state index contributed by atoms with van der Waals surface area (Å²) >= 11 is 1.67. The summed E-state index contributed by atoms with van der Waals surface area (Å²) in [4.78, 5) is 1.17. The average molecular weight is 286 g/mol. The largest absolute Gasteiger partial charge is 0.483 e. The van der Waals surface area contributed by atoms with Crippen molar-refractivity contribution in [3.63, 3.8) is 0 Å². The molecule has 0 fully saturated rings. The molecule has 0 aliphatic rings. The van der Waals surface area contributed by atoms with Crippen LogP contribution in [0.3, 0.4) is 0 Å². The van der Waals surface area contributed by atoms with Crippen molar-refractivity contribution in [2.75, 3.05) is 0 Å². The third-order valence-electron chi connectivity index (χ3n) is 3.11. The number of nitriles is 1. The monoisotopic (exact) mass is 286 g/mol. The van der Waals surface area contributed by atoms with E-state index in [1.165, 1.54) is 10.4 Å². The highest BCUT2D eigenvalue weighted by Gasteiger charge is 2.21. The van der Waals surface area contributed by atoms with Crippen molar-refractivity contribution in [3.8, 4) is 11.8 Å². The zero-order chi connectivity index (χ0) is 14.5. The van der Waals surface area contributed by atoms with E-state index in [2.05, 4.69) is 24.4 Å². The van der Waals surface area contributed by atoms with E-state index in [9.17, 15) is 0 Å². The lowest BCUT2D eigenvalue weighted by atomic mass is 10.1. The molecule has 2 N–H and O–H groups in total. The van der Waals surface area contributed by atoms with Gasteiger partial charge in [0.05, 0.1) is 12.5 Å². The third-order valence-corrected chi connectivity index (χ3v) is 4.19. The van der Waals surface area contributed by atoms with Gasteiger partial charge in [-0.2, -0.15) is 5.26 Å². The normalized spacial score (nSPS) is 13.5. The van der Waals surface area contributed by atoms with Crippen LogP contribution in [-0.4, -0.2) is 6.04 Å². The molecular weight excluding hydrogens is 268 g/mol. The lowest BCUT2D eigenvalue weighted by Crippen LogP contribution is -2.28. The highest BCUT2D eigenvalue weighted by molar-refractivity contribution is 7.10. The molecule has 0 radical (unpaired) electrons. The molecule has 2 unspecified atom stereocenters. The predicted molar refractivity (Wildman–Crippen MR) is 81.8 cm³/mol. The van der Waals surface area contributed by atoms with Gasteiger partial charge in [-0.05, 0) is 48.6 Å². The molecule has 2 aromatic rings. The summed E-state index contributed by atoms with van der Waals surface area (Å²) < 4.78 is 6.04. The Morgan fingerprint density at radius 3 is 2.50 bits per heavy atom. The summed E-state index contributed by atoms with van der Waals surface area (Å²) in [6.07, 6.45) is 0.276. The van der Waals surface area contributed by atoms with E-state index in [1.54, 1.807) is 11.3 Å². The average Bonchev–Trinajstić information content (AvgIpc) is 2.84. The molecule has 2 rings (SSSR count). The maximum absolute atomic E-state index is 8.67. The Balaban J connectivity index is 2.17. The maximum Gasteiger partial charge on any atom is 0.148 e. The van der Waals surface area contributed by atoms with Crippen molar-refractivity contribution in [1.29, 1.82) is 5.26 Å². The zero-order valence-electron chi connectivity index (χ0n) is 11.7. The topological polar surface area (TPSA) is 59.0 Å². The molecule has 20 heavy (non-hydrogen) atoms. The second-order valence-corrected chi connectivity index (χ2v) is 5.79. The van der Waals surface area contributed by atoms with Crippen LogP contribution in [-0.2, 0) is 6.42 Å². The number of ether oxygens (including phenoxy) is 1. The number of hydrogen-bond donors (Lipinski definition) is 1. The van der Waals surface area contributed by atoms with E-state index in [4.69, 9.17) is 15.7 Å². The van der Waals surface area contributed by atoms with Crippen LogP contribution in [0.1, 0.15) is 29.0 Å². The lowest BCUT2D eigenvalue weighted by Gasteiger charge is -2.22. The smallest absolute Gasteiger partial charge is 0.148 e. The molecule has 0 aliphatic carbocycles. The Morgan fingerprint density at radius 1 is 1.30 bits per heavy atom. The van der Waals surface area contributed by atoms with Crippen LogP contribution >= 0.6 is 11.3 Å². The number of rotatable bonds is 5. The van der Waals surface area contributed by atoms with E-state index in [1.807, 2.05) is 31.2 Å². The summed E-state index contributed by atoms with van der Waals surface area (Å²) in [5.74, 6) is 0.779. The van der Waals surface area contributed by atoms with E-state index in [0.29, 0.717) is 6.42 Å². The molecule has 1 heterocycles. The first-order valence-corrected chi connectivity index (χ1v) is 7.42. The van der Waals surface area contributed by atoms with Gasteiger partial charge in [-0.15, -0.1) is 11.3 Å². The second-order valence-electron chi connectivity index (χ2n) is 4.84. The Kier molecular flexibility index (Phi) is 4.78. The van der Waals surface area contributed by atoms with E-state index >= 15 is 0 Å². The van der Waals surface area contributed by atoms with Gasteiger partial charge in [-0.1, -0.05) is 12.1 Å². The van der Waals surface area contributed by atoms with Crippen molar-refractivity contribution in [2.24, 2.45) is 5.73 Å². The maximum atomic E-state index is 8.67. The Labute approximate surface area is 123 Å². The number of thiophene rings is 1. The molecule has 3 nitrogen and oxygen atoms in total. The first-order valence-electron chi connectivity index (χ1n) is 6.54. The quantitative estimate of drug-likeness (QED) is 0.913. The SMILES string of the molecule is Cc1ccsc1C(Oc1ccc(CC#N)cc1)C(C)N. The van der Waals surface area contributed by atoms with Gasteiger partial charge in [0.1, 0.15) is 11.9 Å². The summed E-state index contributed by atoms with van der Waals surface area (Å²) in [6.45, 7) is 4.02. The summed E-state index contributed by atoms with van der Waals surface area (Å²) in [5, 5.41) is 10.7. The van der Waals surface area contributed by atoms with Crippen LogP contribution < -0.4 is 10.5 Å². The molecule has 0 saturated carbocycles. The molecule has 4 heteroatoms. The number of nitrogens with zero attached hydrogens (tertiary/aromatic N) is 1. The van der Waals surface area contributed by atoms with Gasteiger partial charge in [-0.25, -0.2) is 0 Å². The molecular formula is C16H18N2OS. The number of aryl methyl sites for hydroxylation is 1. The van der Waals surface area contributed by atoms with Gasteiger partial charge in [0.25, 0.3) is 0 Å². The molecule has 2 atom stereocenters. The minimum atomic E-state index is -0.142. The van der Waals surface area contributed by atoms with Gasteiger partial charge < -0.3 is 10.5 Å². The van der Waals surface area contributed by atoms with E-state index < -0.39 is 0 Å². The van der Waals surface area contributed by atoms with Gasteiger partial charge in [-0.3, -0.25) is 0 Å². The molecule has 0 saturated heterocycles. The number of benzene rings is 1. The van der Waals surface area contributed by atoms with Crippen LogP contribution in [0, 0.1) is 18.3 Å². The van der Waals surface area contributed by atoms with Gasteiger partial charge >= 0.3 is 0 Å². The highest BCUT2D eigenvalue weighted by atomic mass is 32.1. The fourth-order valence-corrected chi connectivity index (χ4v) is 3.07. The van der Waals surface area contributed by atoms with E-state index in [-0.39, 0.29) is 12.1 Å². The number of hydrogen-bond acceptors (Lipinski definition) is 4. The summed E-state index contributed by atoms with van der Waals surface area (Å²) in [5.41, 5.74) is 8.26. The molecule has 1 aromatic carbocycles. The van der Waals surface area contributed by atoms with Gasteiger partial charge in [0.15, 0.2) is 0 Å². The minimum Gasteiger partial charge on any atom is -0.483 e. The van der Waals surface area contributed by atoms with Crippen LogP contribution in [0.5, 0.6) is 5.75 Å². The molecule has 0 spiro atoms. The van der Waals surface area contributed by atoms with Crippen molar-refractivity contribution in [2.45, 2.75) is 32.4 Å². The number of nitrogens with two attached hydrogens (primary N) is 1. The fourth-order valence-electron chi connectivity index (χ4n) is 2.00. The van der Waals surface area contributed by atoms with Gasteiger partial charge in [0.2, 0.25) is 0 Å². The minimum absolute atomic E-state index is 0.0915. The van der Waals surface area contributed by atoms with Crippen molar-refractivity contribution >= 4 is 11.3 Å². The van der Waals surface area contributed by atoms with E-state index in [0.717, 1.165) is 11.3 Å². The first-order chi connectivity index (χ1) is 9.61. The highest BCUT2D eigenvalue weighted by Crippen LogP contribution is 2.30. The molecule has 104 valence electrons. The molecule has 0 bridgehead atoms. The standard InChI is InChI=1S/C16H18N2OS/c1-11-8-10-20-16(11)15(12(2)18)19-14-5-3-13(4-6-14)7-9-17/h3-6,8,10,12,15H,7,18H2,1-2H3. The Morgan fingerprint density at radius 2 is 2.00 bits per heavy atom. The first kappa shape index (κ1) is 14.6. The Hall–Kier alpha value is -1.83. The molecule has 1 aromatic heterocycles. The zero-order valence-corrected chi connectivity index (χ0v) is 12.5. The van der Waals surface area contributed by atoms with Crippen molar-refractivity contribution in [1.82, 2.24) is 0 Å². The van der Waals surface area contributed by atoms with Gasteiger partial charge in [0, 0.05) is 10.9 Å². The van der Waals surface area contributed by atoms with Crippen LogP contribution in [0.25, 0.3) is 0 Å². The van der Waals surface area contributed by atoms with Crippen molar-refractivity contribution < 1.29 is 4.74 Å². The summed E-state index contributed by atoms with van der Waals surface area (Å²) in [7, 11) is 0. The van der Waals surface area contributed by atoms with Crippen LogP contribution in [0.4, 0.5) is 0 Å². The Bertz CT molecular complexity index is 596. The lowest BCUT2D eigenvalue weighted by molar-refractivity contribution is 0.183. The second kappa shape index (κ2) is 6.56. The van der Waals surface area contributed by atoms with Crippen LogP contribution in [0.15, 0.2) is 35.7 Å². The predicted octanol–water partition coefficient (Wildman–Crippen LogP) is 3.59. The van der Waals surface area contributed by atoms with Crippen LogP contribution in [0.2, 0.25) is 0 Å². The fraction of sp³-hybridized carbons (Fsp3) is 0.312.